The van der Waals surface area contributed by atoms with Crippen molar-refractivity contribution in [2.45, 2.75) is 25.5 Å². The van der Waals surface area contributed by atoms with Crippen LogP contribution in [0.3, 0.4) is 0 Å². The zero-order valence-electron chi connectivity index (χ0n) is 17.0. The molecule has 0 fully saturated rings. The van der Waals surface area contributed by atoms with E-state index in [4.69, 9.17) is 17.5 Å². The molecule has 0 aliphatic rings. The Kier molecular flexibility index (Phi) is 9.22. The number of hydrogen-bond acceptors (Lipinski definition) is 6. The van der Waals surface area contributed by atoms with E-state index >= 15 is 0 Å². The van der Waals surface area contributed by atoms with Crippen LogP contribution in [0.5, 0.6) is 0 Å². The van der Waals surface area contributed by atoms with Crippen LogP contribution in [0.15, 0.2) is 60.0 Å². The number of hydrogen-bond donors (Lipinski definition) is 0. The van der Waals surface area contributed by atoms with Crippen LogP contribution in [-0.4, -0.2) is 38.6 Å². The Morgan fingerprint density at radius 1 is 0.862 bits per heavy atom. The number of benzene rings is 2. The molecule has 0 radical (unpaired) electrons. The van der Waals surface area contributed by atoms with Gasteiger partial charge >= 0.3 is 8.80 Å². The van der Waals surface area contributed by atoms with Gasteiger partial charge in [-0.2, -0.15) is 8.42 Å². The highest BCUT2D eigenvalue weighted by molar-refractivity contribution is 7.89. The van der Waals surface area contributed by atoms with Crippen LogP contribution < -0.4 is 0 Å². The van der Waals surface area contributed by atoms with Gasteiger partial charge in [0.25, 0.3) is 10.1 Å². The van der Waals surface area contributed by atoms with E-state index in [0.29, 0.717) is 0 Å². The first-order valence-electron chi connectivity index (χ1n) is 9.28. The van der Waals surface area contributed by atoms with Gasteiger partial charge in [0.05, 0.1) is 12.0 Å². The van der Waals surface area contributed by atoms with Gasteiger partial charge in [0.2, 0.25) is 0 Å². The fraction of sp³-hybridized carbons (Fsp3) is 0.333. The summed E-state index contributed by atoms with van der Waals surface area (Å²) in [5.41, 5.74) is 2.73. The van der Waals surface area contributed by atoms with E-state index < -0.39 is 18.9 Å². The molecule has 0 unspecified atom stereocenters. The van der Waals surface area contributed by atoms with E-state index in [2.05, 4.69) is 0 Å². The smallest absolute Gasteiger partial charge is 0.377 e. The average molecular weight is 437 g/mol. The van der Waals surface area contributed by atoms with Crippen LogP contribution in [-0.2, 0) is 40.6 Å². The van der Waals surface area contributed by atoms with E-state index in [1.807, 2.05) is 54.6 Å². The lowest BCUT2D eigenvalue weighted by Gasteiger charge is -2.24. The summed E-state index contributed by atoms with van der Waals surface area (Å²) < 4.78 is 45.4. The van der Waals surface area contributed by atoms with Gasteiger partial charge in [-0.3, -0.25) is 4.18 Å². The minimum Gasteiger partial charge on any atom is -0.377 e. The van der Waals surface area contributed by atoms with Gasteiger partial charge in [-0.05, 0) is 35.6 Å². The van der Waals surface area contributed by atoms with Gasteiger partial charge in [-0.1, -0.05) is 54.6 Å². The minimum atomic E-state index is -3.75. The molecule has 0 atom stereocenters. The first kappa shape index (κ1) is 23.5. The Hall–Kier alpha value is -1.81. The average Bonchev–Trinajstić information content (AvgIpc) is 2.76. The van der Waals surface area contributed by atoms with Crippen molar-refractivity contribution in [2.75, 3.05) is 21.3 Å². The summed E-state index contributed by atoms with van der Waals surface area (Å²) in [7, 11) is -1.46. The molecule has 0 amide bonds. The highest BCUT2D eigenvalue weighted by Gasteiger charge is 2.36. The lowest BCUT2D eigenvalue weighted by Crippen LogP contribution is -2.42. The Balaban J connectivity index is 1.83. The van der Waals surface area contributed by atoms with Crippen molar-refractivity contribution in [1.29, 1.82) is 0 Å². The van der Waals surface area contributed by atoms with Crippen molar-refractivity contribution in [2.24, 2.45) is 0 Å². The highest BCUT2D eigenvalue weighted by atomic mass is 32.2. The molecular formula is C21H28O6SSi. The second-order valence-electron chi connectivity index (χ2n) is 6.43. The molecule has 0 N–H and O–H groups in total. The lowest BCUT2D eigenvalue weighted by atomic mass is 10.1. The summed E-state index contributed by atoms with van der Waals surface area (Å²) >= 11 is 0. The Bertz CT molecular complexity index is 854. The topological polar surface area (TPSA) is 71.1 Å². The van der Waals surface area contributed by atoms with Gasteiger partial charge in [-0.25, -0.2) is 0 Å². The van der Waals surface area contributed by atoms with Crippen LogP contribution in [0.4, 0.5) is 0 Å². The van der Waals surface area contributed by atoms with E-state index in [1.54, 1.807) is 21.3 Å². The molecule has 2 aromatic carbocycles. The first-order valence-corrected chi connectivity index (χ1v) is 12.7. The Labute approximate surface area is 174 Å². The third-order valence-electron chi connectivity index (χ3n) is 4.52. The maximum absolute atomic E-state index is 12.0. The third kappa shape index (κ3) is 7.85. The van der Waals surface area contributed by atoms with E-state index in [-0.39, 0.29) is 6.61 Å². The normalized spacial score (nSPS) is 12.5. The van der Waals surface area contributed by atoms with E-state index in [9.17, 15) is 8.42 Å². The predicted molar refractivity (Wildman–Crippen MR) is 116 cm³/mol. The molecule has 0 aliphatic heterocycles. The molecule has 0 heterocycles. The molecule has 0 spiro atoms. The lowest BCUT2D eigenvalue weighted by molar-refractivity contribution is 0.123. The SMILES string of the molecule is CO[Si](CCCc1ccc(COS(=O)(=O)C=Cc2ccccc2)cc1)(OC)OC. The Morgan fingerprint density at radius 3 is 2.03 bits per heavy atom. The van der Waals surface area contributed by atoms with Crippen molar-refractivity contribution in [1.82, 2.24) is 0 Å². The van der Waals surface area contributed by atoms with Gasteiger partial charge in [0.1, 0.15) is 0 Å². The molecule has 0 saturated carbocycles. The van der Waals surface area contributed by atoms with Crippen molar-refractivity contribution in [3.63, 3.8) is 0 Å². The quantitative estimate of drug-likeness (QED) is 0.370. The molecule has 8 heteroatoms. The van der Waals surface area contributed by atoms with Gasteiger partial charge in [-0.15, -0.1) is 0 Å². The zero-order chi connectivity index (χ0) is 21.2. The van der Waals surface area contributed by atoms with Crippen molar-refractivity contribution < 1.29 is 25.9 Å². The summed E-state index contributed by atoms with van der Waals surface area (Å²) in [6.45, 7) is -0.00517. The van der Waals surface area contributed by atoms with Gasteiger partial charge in [0, 0.05) is 27.4 Å². The predicted octanol–water partition coefficient (Wildman–Crippen LogP) is 4.01. The highest BCUT2D eigenvalue weighted by Crippen LogP contribution is 2.18. The molecule has 2 rings (SSSR count). The minimum absolute atomic E-state index is 0.00517. The molecule has 0 aromatic heterocycles. The molecule has 158 valence electrons. The zero-order valence-corrected chi connectivity index (χ0v) is 18.9. The molecule has 0 saturated heterocycles. The van der Waals surface area contributed by atoms with Crippen LogP contribution in [0.1, 0.15) is 23.1 Å². The van der Waals surface area contributed by atoms with Crippen LogP contribution in [0.25, 0.3) is 6.08 Å². The molecule has 29 heavy (non-hydrogen) atoms. The summed E-state index contributed by atoms with van der Waals surface area (Å²) in [5.74, 6) is 0. The molecule has 0 aliphatic carbocycles. The maximum atomic E-state index is 12.0. The summed E-state index contributed by atoms with van der Waals surface area (Å²) in [4.78, 5) is 0. The number of aryl methyl sites for hydroxylation is 1. The Morgan fingerprint density at radius 2 is 1.45 bits per heavy atom. The van der Waals surface area contributed by atoms with Crippen molar-refractivity contribution >= 4 is 25.0 Å². The summed E-state index contributed by atoms with van der Waals surface area (Å²) in [6.07, 6.45) is 3.24. The maximum Gasteiger partial charge on any atom is 0.500 e. The van der Waals surface area contributed by atoms with Crippen LogP contribution >= 0.6 is 0 Å². The van der Waals surface area contributed by atoms with Gasteiger partial charge in [0.15, 0.2) is 0 Å². The van der Waals surface area contributed by atoms with Crippen molar-refractivity contribution in [3.8, 4) is 0 Å². The second-order valence-corrected chi connectivity index (χ2v) is 11.0. The summed E-state index contributed by atoms with van der Waals surface area (Å²) in [6, 6.07) is 17.6. The number of rotatable bonds is 12. The van der Waals surface area contributed by atoms with Crippen molar-refractivity contribution in [3.05, 3.63) is 76.7 Å². The molecule has 2 aromatic rings. The third-order valence-corrected chi connectivity index (χ3v) is 8.27. The van der Waals surface area contributed by atoms with Crippen LogP contribution in [0.2, 0.25) is 6.04 Å². The fourth-order valence-electron chi connectivity index (χ4n) is 2.78. The molecule has 0 bridgehead atoms. The van der Waals surface area contributed by atoms with Crippen LogP contribution in [0, 0.1) is 0 Å². The largest absolute Gasteiger partial charge is 0.500 e. The molecule has 6 nitrogen and oxygen atoms in total. The molecular weight excluding hydrogens is 408 g/mol. The first-order chi connectivity index (χ1) is 13.9. The fourth-order valence-corrected chi connectivity index (χ4v) is 5.21. The second kappa shape index (κ2) is 11.4. The van der Waals surface area contributed by atoms with E-state index in [0.717, 1.165) is 41.0 Å². The summed E-state index contributed by atoms with van der Waals surface area (Å²) in [5, 5.41) is 1.08. The van der Waals surface area contributed by atoms with Gasteiger partial charge < -0.3 is 13.3 Å². The standard InChI is InChI=1S/C21H28O6SSi/c1-24-29(25-2,26-3)17-7-10-20-11-13-21(14-12-20)18-27-28(22,23)16-15-19-8-5-4-6-9-19/h4-6,8-9,11-16H,7,10,17-18H2,1-3H3. The van der Waals surface area contributed by atoms with E-state index in [1.165, 1.54) is 6.08 Å². The monoisotopic (exact) mass is 436 g/mol.